The maximum Gasteiger partial charge on any atom is 0.338 e. The predicted molar refractivity (Wildman–Crippen MR) is 98.4 cm³/mol. The summed E-state index contributed by atoms with van der Waals surface area (Å²) in [5, 5.41) is 7.57. The summed E-state index contributed by atoms with van der Waals surface area (Å²) >= 11 is 0. The number of fused-ring (bicyclic) bond motifs is 1. The van der Waals surface area contributed by atoms with E-state index >= 15 is 0 Å². The fourth-order valence-electron chi connectivity index (χ4n) is 2.99. The molecule has 28 heavy (non-hydrogen) atoms. The minimum absolute atomic E-state index is 0.209. The Bertz CT molecular complexity index is 1410. The number of nitrogens with zero attached hydrogens (tertiary/aromatic N) is 2. The van der Waals surface area contributed by atoms with E-state index in [4.69, 9.17) is 0 Å². The van der Waals surface area contributed by atoms with Gasteiger partial charge in [-0.05, 0) is 23.8 Å². The molecule has 2 aromatic carbocycles. The molecule has 0 fully saturated rings. The molecule has 0 atom stereocenters. The molecule has 4 aromatic rings. The number of rotatable bonds is 3. The molecule has 0 aliphatic rings. The van der Waals surface area contributed by atoms with Crippen LogP contribution in [0.2, 0.25) is 0 Å². The van der Waals surface area contributed by atoms with E-state index in [2.05, 4.69) is 10.2 Å². The highest BCUT2D eigenvalue weighted by Gasteiger charge is 2.13. The van der Waals surface area contributed by atoms with Crippen LogP contribution >= 0.6 is 0 Å². The molecule has 140 valence electrons. The average molecular weight is 381 g/mol. The van der Waals surface area contributed by atoms with Crippen molar-refractivity contribution < 1.29 is 4.39 Å². The number of halogens is 1. The van der Waals surface area contributed by atoms with Crippen molar-refractivity contribution in [2.45, 2.75) is 6.42 Å². The van der Waals surface area contributed by atoms with Crippen LogP contribution in [0.5, 0.6) is 0 Å². The minimum atomic E-state index is -1.06. The highest BCUT2D eigenvalue weighted by Crippen LogP contribution is 2.19. The van der Waals surface area contributed by atoms with E-state index in [1.165, 1.54) is 12.1 Å². The zero-order chi connectivity index (χ0) is 19.8. The fourth-order valence-corrected chi connectivity index (χ4v) is 2.99. The first-order valence-electron chi connectivity index (χ1n) is 8.15. The largest absolute Gasteiger partial charge is 0.338 e. The Morgan fingerprint density at radius 3 is 2.32 bits per heavy atom. The first-order chi connectivity index (χ1) is 13.4. The number of H-pyrrole nitrogens is 3. The van der Waals surface area contributed by atoms with Gasteiger partial charge in [-0.25, -0.2) is 28.4 Å². The van der Waals surface area contributed by atoms with Gasteiger partial charge in [-0.1, -0.05) is 24.3 Å². The third-order valence-electron chi connectivity index (χ3n) is 4.25. The van der Waals surface area contributed by atoms with Crippen LogP contribution in [0.15, 0.2) is 61.6 Å². The topological polar surface area (TPSA) is 133 Å². The van der Waals surface area contributed by atoms with Crippen molar-refractivity contribution in [2.24, 2.45) is 0 Å². The van der Waals surface area contributed by atoms with Crippen LogP contribution in [-0.4, -0.2) is 24.7 Å². The van der Waals surface area contributed by atoms with Gasteiger partial charge in [0, 0.05) is 11.8 Å². The van der Waals surface area contributed by atoms with Crippen molar-refractivity contribution in [2.75, 3.05) is 0 Å². The number of aromatic amines is 3. The quantitative estimate of drug-likeness (QED) is 0.466. The maximum absolute atomic E-state index is 14.3. The van der Waals surface area contributed by atoms with E-state index < -0.39 is 22.9 Å². The second-order valence-electron chi connectivity index (χ2n) is 6.03. The Hall–Kier alpha value is -4.08. The molecule has 9 nitrogen and oxygen atoms in total. The van der Waals surface area contributed by atoms with E-state index in [0.29, 0.717) is 26.6 Å². The average Bonchev–Trinajstić information content (AvgIpc) is 2.66. The Kier molecular flexibility index (Phi) is 4.07. The molecular weight excluding hydrogens is 369 g/mol. The van der Waals surface area contributed by atoms with E-state index in [1.807, 2.05) is 9.97 Å². The second-order valence-corrected chi connectivity index (χ2v) is 6.03. The second kappa shape index (κ2) is 6.58. The van der Waals surface area contributed by atoms with Gasteiger partial charge in [0.25, 0.3) is 5.56 Å². The normalized spacial score (nSPS) is 11.0. The van der Waals surface area contributed by atoms with Gasteiger partial charge >= 0.3 is 17.1 Å². The van der Waals surface area contributed by atoms with Crippen molar-refractivity contribution >= 4 is 10.8 Å². The number of aromatic nitrogens is 5. The molecule has 0 bridgehead atoms. The van der Waals surface area contributed by atoms with Gasteiger partial charge in [0.1, 0.15) is 5.82 Å². The molecule has 0 spiro atoms. The summed E-state index contributed by atoms with van der Waals surface area (Å²) in [6, 6.07) is 10.8. The summed E-state index contributed by atoms with van der Waals surface area (Å²) in [5.41, 5.74) is -2.66. The number of nitrogens with one attached hydrogen (secondary N) is 3. The molecule has 3 N–H and O–H groups in total. The van der Waals surface area contributed by atoms with Gasteiger partial charge in [0.2, 0.25) is 0 Å². The monoisotopic (exact) mass is 381 g/mol. The third kappa shape index (κ3) is 2.96. The zero-order valence-corrected chi connectivity index (χ0v) is 14.2. The Morgan fingerprint density at radius 2 is 1.61 bits per heavy atom. The van der Waals surface area contributed by atoms with Gasteiger partial charge in [-0.15, -0.1) is 0 Å². The lowest BCUT2D eigenvalue weighted by Gasteiger charge is -2.09. The molecule has 0 aliphatic heterocycles. The smallest absolute Gasteiger partial charge is 0.267 e. The van der Waals surface area contributed by atoms with E-state index in [-0.39, 0.29) is 17.7 Å². The van der Waals surface area contributed by atoms with Crippen LogP contribution in [0.25, 0.3) is 16.5 Å². The Morgan fingerprint density at radius 1 is 0.929 bits per heavy atom. The van der Waals surface area contributed by atoms with Crippen LogP contribution in [0.4, 0.5) is 4.39 Å². The number of benzene rings is 2. The molecule has 0 unspecified atom stereocenters. The fraction of sp³-hybridized carbons (Fsp3) is 0.0556. The summed E-state index contributed by atoms with van der Waals surface area (Å²) < 4.78 is 14.8. The summed E-state index contributed by atoms with van der Waals surface area (Å²) in [6.07, 6.45) is 0.209. The van der Waals surface area contributed by atoms with Crippen molar-refractivity contribution in [1.29, 1.82) is 0 Å². The molecule has 2 aromatic heterocycles. The summed E-state index contributed by atoms with van der Waals surface area (Å²) in [4.78, 5) is 50.8. The lowest BCUT2D eigenvalue weighted by molar-refractivity contribution is 0.607. The van der Waals surface area contributed by atoms with Crippen LogP contribution in [0.3, 0.4) is 0 Å². The highest BCUT2D eigenvalue weighted by molar-refractivity contribution is 5.83. The van der Waals surface area contributed by atoms with Crippen molar-refractivity contribution in [3.8, 4) is 5.69 Å². The number of hydrogen-bond acceptors (Lipinski definition) is 5. The van der Waals surface area contributed by atoms with E-state index in [0.717, 1.165) is 6.07 Å². The SMILES string of the molecule is O=c1[nH]c(=O)n(-c2cc(Cc3n[nH]c(=O)c4ccccc34)ccc2F)c(=O)[nH]1. The molecule has 10 heteroatoms. The van der Waals surface area contributed by atoms with E-state index in [9.17, 15) is 23.6 Å². The van der Waals surface area contributed by atoms with E-state index in [1.54, 1.807) is 24.3 Å². The van der Waals surface area contributed by atoms with Gasteiger partial charge in [0.05, 0.1) is 16.8 Å². The lowest BCUT2D eigenvalue weighted by Crippen LogP contribution is -2.42. The third-order valence-corrected chi connectivity index (χ3v) is 4.25. The van der Waals surface area contributed by atoms with Crippen LogP contribution in [0, 0.1) is 5.82 Å². The Balaban J connectivity index is 1.85. The first kappa shape index (κ1) is 17.3. The van der Waals surface area contributed by atoms with Gasteiger partial charge in [0.15, 0.2) is 0 Å². The van der Waals surface area contributed by atoms with Crippen molar-refractivity contribution in [3.63, 3.8) is 0 Å². The minimum Gasteiger partial charge on any atom is -0.267 e. The summed E-state index contributed by atoms with van der Waals surface area (Å²) in [5.74, 6) is -0.817. The predicted octanol–water partition coefficient (Wildman–Crippen LogP) is 0.180. The Labute approximate surface area is 154 Å². The maximum atomic E-state index is 14.3. The summed E-state index contributed by atoms with van der Waals surface area (Å²) in [7, 11) is 0. The van der Waals surface area contributed by atoms with Crippen LogP contribution < -0.4 is 22.6 Å². The summed E-state index contributed by atoms with van der Waals surface area (Å²) in [6.45, 7) is 0. The molecule has 0 saturated carbocycles. The standard InChI is InChI=1S/C18H12FN5O4/c19-12-6-5-9(8-14(12)24-17(27)20-16(26)21-18(24)28)7-13-10-3-1-2-4-11(10)15(25)23-22-13/h1-6,8H,7H2,(H,23,25)(H2,20,21,26,27,28). The van der Waals surface area contributed by atoms with Crippen LogP contribution in [-0.2, 0) is 6.42 Å². The molecule has 0 aliphatic carbocycles. The molecule has 4 rings (SSSR count). The number of hydrogen-bond donors (Lipinski definition) is 3. The molecule has 0 radical (unpaired) electrons. The lowest BCUT2D eigenvalue weighted by atomic mass is 10.0. The van der Waals surface area contributed by atoms with Crippen molar-refractivity contribution in [1.82, 2.24) is 24.7 Å². The van der Waals surface area contributed by atoms with Gasteiger partial charge < -0.3 is 0 Å². The van der Waals surface area contributed by atoms with Crippen LogP contribution in [0.1, 0.15) is 11.3 Å². The molecule has 0 amide bonds. The zero-order valence-electron chi connectivity index (χ0n) is 14.2. The van der Waals surface area contributed by atoms with Gasteiger partial charge in [-0.3, -0.25) is 14.8 Å². The highest BCUT2D eigenvalue weighted by atomic mass is 19.1. The molecule has 2 heterocycles. The first-order valence-corrected chi connectivity index (χ1v) is 8.15. The van der Waals surface area contributed by atoms with Gasteiger partial charge in [-0.2, -0.15) is 5.10 Å². The molecular formula is C18H12FN5O4. The molecule has 0 saturated heterocycles. The van der Waals surface area contributed by atoms with Crippen molar-refractivity contribution in [3.05, 3.63) is 101 Å².